The van der Waals surface area contributed by atoms with E-state index in [2.05, 4.69) is 20.0 Å². The monoisotopic (exact) mass is 283 g/mol. The normalized spacial score (nSPS) is 17.7. The minimum Gasteiger partial charge on any atom is -0.345 e. The van der Waals surface area contributed by atoms with Gasteiger partial charge in [-0.15, -0.1) is 10.2 Å². The highest BCUT2D eigenvalue weighted by atomic mass is 32.1. The minimum atomic E-state index is 0.824. The predicted octanol–water partition coefficient (Wildman–Crippen LogP) is 1.49. The number of hydrogen-bond donors (Lipinski definition) is 1. The summed E-state index contributed by atoms with van der Waals surface area (Å²) in [5.74, 6) is 0. The van der Waals surface area contributed by atoms with Crippen LogP contribution in [0.1, 0.15) is 30.7 Å². The smallest absolute Gasteiger partial charge is 0.208 e. The van der Waals surface area contributed by atoms with Crippen LogP contribution < -0.4 is 10.6 Å². The van der Waals surface area contributed by atoms with Crippen molar-refractivity contribution >= 4 is 16.5 Å². The molecule has 0 spiro atoms. The highest BCUT2D eigenvalue weighted by Crippen LogP contribution is 2.20. The first-order valence-corrected chi connectivity index (χ1v) is 8.08. The van der Waals surface area contributed by atoms with E-state index in [1.54, 1.807) is 11.3 Å². The fourth-order valence-electron chi connectivity index (χ4n) is 2.46. The lowest BCUT2D eigenvalue weighted by atomic mass is 10.2. The number of aromatic nitrogens is 2. The Labute approximate surface area is 119 Å². The molecule has 0 aliphatic carbocycles. The Morgan fingerprint density at radius 3 is 2.74 bits per heavy atom. The molecule has 0 radical (unpaired) electrons. The first-order chi connectivity index (χ1) is 9.29. The van der Waals surface area contributed by atoms with Crippen LogP contribution in [0.3, 0.4) is 0 Å². The molecule has 1 saturated heterocycles. The Hall–Kier alpha value is -0.720. The highest BCUT2D eigenvalue weighted by Gasteiger charge is 2.17. The molecule has 0 aromatic carbocycles. The first kappa shape index (κ1) is 14.7. The summed E-state index contributed by atoms with van der Waals surface area (Å²) in [5.41, 5.74) is 5.53. The van der Waals surface area contributed by atoms with Crippen molar-refractivity contribution < 1.29 is 0 Å². The third-order valence-corrected chi connectivity index (χ3v) is 4.45. The Balaban J connectivity index is 1.75. The van der Waals surface area contributed by atoms with Gasteiger partial charge in [0, 0.05) is 19.6 Å². The van der Waals surface area contributed by atoms with E-state index in [0.717, 1.165) is 42.7 Å². The lowest BCUT2D eigenvalue weighted by Gasteiger charge is -2.21. The molecule has 5 nitrogen and oxygen atoms in total. The summed E-state index contributed by atoms with van der Waals surface area (Å²) in [4.78, 5) is 4.95. The molecule has 1 aliphatic heterocycles. The zero-order chi connectivity index (χ0) is 13.5. The number of nitrogens with zero attached hydrogens (tertiary/aromatic N) is 4. The second-order valence-corrected chi connectivity index (χ2v) is 6.30. The van der Waals surface area contributed by atoms with Crippen molar-refractivity contribution in [1.82, 2.24) is 15.1 Å². The minimum absolute atomic E-state index is 0.824. The molecule has 0 atom stereocenters. The Kier molecular flexibility index (Phi) is 6.00. The summed E-state index contributed by atoms with van der Waals surface area (Å²) >= 11 is 1.70. The molecule has 0 unspecified atom stereocenters. The maximum Gasteiger partial charge on any atom is 0.208 e. The molecule has 2 N–H and O–H groups in total. The zero-order valence-corrected chi connectivity index (χ0v) is 12.7. The van der Waals surface area contributed by atoms with Crippen molar-refractivity contribution in [2.75, 3.05) is 44.2 Å². The van der Waals surface area contributed by atoms with Gasteiger partial charge in [0.15, 0.2) is 0 Å². The molecular formula is C13H25N5S. The summed E-state index contributed by atoms with van der Waals surface area (Å²) in [6.45, 7) is 8.58. The van der Waals surface area contributed by atoms with Crippen LogP contribution in [-0.4, -0.2) is 54.4 Å². The van der Waals surface area contributed by atoms with Crippen LogP contribution in [0.15, 0.2) is 0 Å². The van der Waals surface area contributed by atoms with Gasteiger partial charge in [-0.1, -0.05) is 17.8 Å². The van der Waals surface area contributed by atoms with E-state index >= 15 is 0 Å². The van der Waals surface area contributed by atoms with Crippen molar-refractivity contribution in [3.63, 3.8) is 0 Å². The first-order valence-electron chi connectivity index (χ1n) is 7.27. The quantitative estimate of drug-likeness (QED) is 0.802. The third kappa shape index (κ3) is 4.71. The van der Waals surface area contributed by atoms with Crippen LogP contribution >= 0.6 is 11.3 Å². The standard InChI is InChI=1S/C13H25N5S/c1-12-15-16-13(19-12)18-9-5-8-17(10-11-18)7-4-2-3-6-14/h2-11,14H2,1H3. The van der Waals surface area contributed by atoms with E-state index < -0.39 is 0 Å². The molecule has 2 heterocycles. The molecule has 108 valence electrons. The van der Waals surface area contributed by atoms with E-state index in [-0.39, 0.29) is 0 Å². The average Bonchev–Trinajstić information content (AvgIpc) is 2.71. The van der Waals surface area contributed by atoms with Crippen LogP contribution in [0.25, 0.3) is 0 Å². The molecule has 2 rings (SSSR count). The summed E-state index contributed by atoms with van der Waals surface area (Å²) in [5, 5.41) is 10.5. The van der Waals surface area contributed by atoms with Gasteiger partial charge >= 0.3 is 0 Å². The summed E-state index contributed by atoms with van der Waals surface area (Å²) in [7, 11) is 0. The van der Waals surface area contributed by atoms with Gasteiger partial charge in [0.2, 0.25) is 5.13 Å². The van der Waals surface area contributed by atoms with E-state index in [0.29, 0.717) is 0 Å². The summed E-state index contributed by atoms with van der Waals surface area (Å²) < 4.78 is 0. The lowest BCUT2D eigenvalue weighted by Crippen LogP contribution is -2.31. The van der Waals surface area contributed by atoms with Crippen LogP contribution in [0.2, 0.25) is 0 Å². The molecule has 6 heteroatoms. The van der Waals surface area contributed by atoms with Gasteiger partial charge in [-0.05, 0) is 45.8 Å². The lowest BCUT2D eigenvalue weighted by molar-refractivity contribution is 0.286. The summed E-state index contributed by atoms with van der Waals surface area (Å²) in [6, 6.07) is 0. The van der Waals surface area contributed by atoms with Crippen molar-refractivity contribution in [2.45, 2.75) is 32.6 Å². The van der Waals surface area contributed by atoms with Gasteiger partial charge < -0.3 is 15.5 Å². The topological polar surface area (TPSA) is 58.3 Å². The van der Waals surface area contributed by atoms with Crippen molar-refractivity contribution in [3.05, 3.63) is 5.01 Å². The van der Waals surface area contributed by atoms with Crippen LogP contribution in [0.4, 0.5) is 5.13 Å². The fraction of sp³-hybridized carbons (Fsp3) is 0.846. The van der Waals surface area contributed by atoms with Gasteiger partial charge in [-0.3, -0.25) is 0 Å². The van der Waals surface area contributed by atoms with Gasteiger partial charge in [0.05, 0.1) is 0 Å². The summed E-state index contributed by atoms with van der Waals surface area (Å²) in [6.07, 6.45) is 4.90. The van der Waals surface area contributed by atoms with E-state index in [9.17, 15) is 0 Å². The zero-order valence-electron chi connectivity index (χ0n) is 11.8. The number of nitrogens with two attached hydrogens (primary N) is 1. The van der Waals surface area contributed by atoms with Crippen molar-refractivity contribution in [2.24, 2.45) is 5.73 Å². The third-order valence-electron chi connectivity index (χ3n) is 3.55. The van der Waals surface area contributed by atoms with Crippen LogP contribution in [0, 0.1) is 6.92 Å². The Morgan fingerprint density at radius 2 is 2.00 bits per heavy atom. The second-order valence-electron chi connectivity index (χ2n) is 5.14. The SMILES string of the molecule is Cc1nnc(N2CCCN(CCCCCN)CC2)s1. The Morgan fingerprint density at radius 1 is 1.11 bits per heavy atom. The molecule has 0 bridgehead atoms. The van der Waals surface area contributed by atoms with E-state index in [4.69, 9.17) is 5.73 Å². The highest BCUT2D eigenvalue weighted by molar-refractivity contribution is 7.15. The number of aryl methyl sites for hydroxylation is 1. The molecule has 19 heavy (non-hydrogen) atoms. The molecule has 1 aromatic heterocycles. The Bertz CT molecular complexity index is 368. The molecule has 0 saturated carbocycles. The predicted molar refractivity (Wildman–Crippen MR) is 80.8 cm³/mol. The number of anilines is 1. The second kappa shape index (κ2) is 7.77. The molecular weight excluding hydrogens is 258 g/mol. The largest absolute Gasteiger partial charge is 0.345 e. The maximum atomic E-state index is 5.53. The maximum absolute atomic E-state index is 5.53. The van der Waals surface area contributed by atoms with E-state index in [1.165, 1.54) is 32.4 Å². The number of rotatable bonds is 6. The molecule has 0 amide bonds. The fourth-order valence-corrected chi connectivity index (χ4v) is 3.20. The average molecular weight is 283 g/mol. The van der Waals surface area contributed by atoms with Crippen LogP contribution in [0.5, 0.6) is 0 Å². The van der Waals surface area contributed by atoms with Gasteiger partial charge in [0.25, 0.3) is 0 Å². The van der Waals surface area contributed by atoms with Crippen LogP contribution in [-0.2, 0) is 0 Å². The molecule has 1 aliphatic rings. The number of unbranched alkanes of at least 4 members (excludes halogenated alkanes) is 2. The molecule has 1 fully saturated rings. The van der Waals surface area contributed by atoms with Crippen molar-refractivity contribution in [1.29, 1.82) is 0 Å². The van der Waals surface area contributed by atoms with Gasteiger partial charge in [0.1, 0.15) is 5.01 Å². The van der Waals surface area contributed by atoms with Crippen molar-refractivity contribution in [3.8, 4) is 0 Å². The van der Waals surface area contributed by atoms with E-state index in [1.807, 2.05) is 6.92 Å². The van der Waals surface area contributed by atoms with Gasteiger partial charge in [-0.25, -0.2) is 0 Å². The molecule has 1 aromatic rings. The number of hydrogen-bond acceptors (Lipinski definition) is 6. The van der Waals surface area contributed by atoms with Gasteiger partial charge in [-0.2, -0.15) is 0 Å².